The molecule has 8 heteroatoms. The maximum absolute atomic E-state index is 12.4. The lowest BCUT2D eigenvalue weighted by Crippen LogP contribution is -2.43. The van der Waals surface area contributed by atoms with Gasteiger partial charge in [-0.3, -0.25) is 9.48 Å². The molecule has 0 aliphatic carbocycles. The van der Waals surface area contributed by atoms with E-state index in [1.54, 1.807) is 16.9 Å². The van der Waals surface area contributed by atoms with Crippen LogP contribution in [-0.4, -0.2) is 46.6 Å². The van der Waals surface area contributed by atoms with Gasteiger partial charge in [-0.05, 0) is 25.5 Å². The minimum Gasteiger partial charge on any atom is -0.466 e. The van der Waals surface area contributed by atoms with Crippen molar-refractivity contribution in [2.75, 3.05) is 13.7 Å². The quantitative estimate of drug-likeness (QED) is 0.738. The van der Waals surface area contributed by atoms with Gasteiger partial charge in [0.2, 0.25) is 5.60 Å². The molecule has 0 saturated heterocycles. The van der Waals surface area contributed by atoms with Gasteiger partial charge in [0.25, 0.3) is 5.91 Å². The zero-order valence-electron chi connectivity index (χ0n) is 16.2. The summed E-state index contributed by atoms with van der Waals surface area (Å²) in [6.45, 7) is 4.14. The maximum Gasteiger partial charge on any atom is 0.353 e. The minimum atomic E-state index is -1.21. The van der Waals surface area contributed by atoms with Crippen LogP contribution in [0.25, 0.3) is 0 Å². The number of aromatic nitrogens is 2. The van der Waals surface area contributed by atoms with Crippen molar-refractivity contribution in [3.05, 3.63) is 53.9 Å². The molecule has 0 radical (unpaired) electrons. The molecule has 0 fully saturated rings. The Balaban J connectivity index is 1.62. The lowest BCUT2D eigenvalue weighted by atomic mass is 9.89. The molecule has 0 spiro atoms. The smallest absolute Gasteiger partial charge is 0.353 e. The Morgan fingerprint density at radius 1 is 1.29 bits per heavy atom. The first-order chi connectivity index (χ1) is 13.4. The number of nitrogens with one attached hydrogen (secondary N) is 1. The van der Waals surface area contributed by atoms with E-state index in [-0.39, 0.29) is 24.9 Å². The second kappa shape index (κ2) is 8.24. The highest BCUT2D eigenvalue weighted by Crippen LogP contribution is 2.29. The van der Waals surface area contributed by atoms with Crippen LogP contribution in [0.4, 0.5) is 0 Å². The predicted molar refractivity (Wildman–Crippen MR) is 103 cm³/mol. The predicted octanol–water partition coefficient (Wildman–Crippen LogP) is 2.12. The lowest BCUT2D eigenvalue weighted by molar-refractivity contribution is -0.166. The van der Waals surface area contributed by atoms with Gasteiger partial charge in [-0.2, -0.15) is 5.10 Å². The van der Waals surface area contributed by atoms with Crippen molar-refractivity contribution in [2.24, 2.45) is 5.16 Å². The van der Waals surface area contributed by atoms with Crippen LogP contribution in [0.15, 0.2) is 47.8 Å². The first kappa shape index (κ1) is 19.6. The molecule has 1 atom stereocenters. The highest BCUT2D eigenvalue weighted by atomic mass is 16.7. The molecule has 148 valence electrons. The van der Waals surface area contributed by atoms with E-state index in [1.807, 2.05) is 44.2 Å². The van der Waals surface area contributed by atoms with Gasteiger partial charge in [-0.15, -0.1) is 0 Å². The van der Waals surface area contributed by atoms with Gasteiger partial charge in [0.05, 0.1) is 19.4 Å². The molecule has 1 aromatic heterocycles. The van der Waals surface area contributed by atoms with E-state index in [4.69, 9.17) is 9.57 Å². The van der Waals surface area contributed by atoms with Crippen molar-refractivity contribution >= 4 is 17.6 Å². The number of rotatable bonds is 7. The summed E-state index contributed by atoms with van der Waals surface area (Å²) < 4.78 is 6.66. The zero-order valence-corrected chi connectivity index (χ0v) is 16.2. The largest absolute Gasteiger partial charge is 0.466 e. The van der Waals surface area contributed by atoms with E-state index < -0.39 is 11.6 Å². The highest BCUT2D eigenvalue weighted by molar-refractivity contribution is 5.99. The molecule has 3 rings (SSSR count). The third-order valence-corrected chi connectivity index (χ3v) is 4.55. The Morgan fingerprint density at radius 2 is 2.04 bits per heavy atom. The highest BCUT2D eigenvalue weighted by Gasteiger charge is 2.47. The average molecular weight is 384 g/mol. The number of carbonyl (C=O) groups is 2. The van der Waals surface area contributed by atoms with E-state index in [2.05, 4.69) is 15.6 Å². The number of ether oxygens (including phenoxy) is 1. The molecule has 28 heavy (non-hydrogen) atoms. The fourth-order valence-corrected chi connectivity index (χ4v) is 3.05. The molecule has 1 N–H and O–H groups in total. The minimum absolute atomic E-state index is 0.168. The topological polar surface area (TPSA) is 94.8 Å². The van der Waals surface area contributed by atoms with E-state index >= 15 is 0 Å². The fourth-order valence-electron chi connectivity index (χ4n) is 3.05. The van der Waals surface area contributed by atoms with Gasteiger partial charge in [0.15, 0.2) is 0 Å². The molecule has 2 aromatic rings. The molecular weight excluding hydrogens is 360 g/mol. The van der Waals surface area contributed by atoms with E-state index in [0.717, 1.165) is 5.56 Å². The number of hydrogen-bond acceptors (Lipinski definition) is 6. The SMILES string of the molecule is COC(=O)C1(Cc2ccccc2)CC(CNC(=O)c2ccn(C(C)C)n2)=NO1. The summed E-state index contributed by atoms with van der Waals surface area (Å²) in [6, 6.07) is 11.4. The third kappa shape index (κ3) is 4.21. The second-order valence-electron chi connectivity index (χ2n) is 7.03. The second-order valence-corrected chi connectivity index (χ2v) is 7.03. The molecule has 1 aliphatic rings. The van der Waals surface area contributed by atoms with Crippen LogP contribution in [0.1, 0.15) is 42.4 Å². The van der Waals surface area contributed by atoms with Gasteiger partial charge in [0.1, 0.15) is 5.69 Å². The first-order valence-corrected chi connectivity index (χ1v) is 9.13. The summed E-state index contributed by atoms with van der Waals surface area (Å²) >= 11 is 0. The molecule has 0 bridgehead atoms. The van der Waals surface area contributed by atoms with Crippen LogP contribution in [0.2, 0.25) is 0 Å². The molecule has 1 amide bonds. The van der Waals surface area contributed by atoms with Gasteiger partial charge in [0, 0.05) is 25.1 Å². The summed E-state index contributed by atoms with van der Waals surface area (Å²) in [5.41, 5.74) is 0.623. The van der Waals surface area contributed by atoms with E-state index in [9.17, 15) is 9.59 Å². The van der Waals surface area contributed by atoms with Gasteiger partial charge in [-0.25, -0.2) is 4.79 Å². The summed E-state index contributed by atoms with van der Waals surface area (Å²) in [7, 11) is 1.32. The van der Waals surface area contributed by atoms with Crippen LogP contribution >= 0.6 is 0 Å². The van der Waals surface area contributed by atoms with Crippen LogP contribution in [0, 0.1) is 0 Å². The average Bonchev–Trinajstić information content (AvgIpc) is 3.35. The van der Waals surface area contributed by atoms with Gasteiger partial charge < -0.3 is 14.9 Å². The molecule has 2 heterocycles. The standard InChI is InChI=1S/C20H24N4O4/c1-14(2)24-10-9-17(22-24)18(25)21-13-16-12-20(28-23-16,19(26)27-3)11-15-7-5-4-6-8-15/h4-10,14H,11-13H2,1-3H3,(H,21,25). The van der Waals surface area contributed by atoms with Crippen molar-refractivity contribution in [3.8, 4) is 0 Å². The summed E-state index contributed by atoms with van der Waals surface area (Å²) in [6.07, 6.45) is 2.34. The van der Waals surface area contributed by atoms with Crippen LogP contribution in [0.3, 0.4) is 0 Å². The number of oxime groups is 1. The first-order valence-electron chi connectivity index (χ1n) is 9.13. The van der Waals surface area contributed by atoms with Crippen molar-refractivity contribution in [1.29, 1.82) is 0 Å². The Kier molecular flexibility index (Phi) is 5.77. The number of carbonyl (C=O) groups excluding carboxylic acids is 2. The number of esters is 1. The zero-order chi connectivity index (χ0) is 20.1. The number of nitrogens with zero attached hydrogens (tertiary/aromatic N) is 3. The monoisotopic (exact) mass is 384 g/mol. The van der Waals surface area contributed by atoms with Crippen LogP contribution in [-0.2, 0) is 20.8 Å². The third-order valence-electron chi connectivity index (χ3n) is 4.55. The Hall–Kier alpha value is -3.16. The molecule has 0 saturated carbocycles. The van der Waals surface area contributed by atoms with Crippen LogP contribution in [0.5, 0.6) is 0 Å². The summed E-state index contributed by atoms with van der Waals surface area (Å²) in [5.74, 6) is -0.794. The van der Waals surface area contributed by atoms with Crippen LogP contribution < -0.4 is 5.32 Å². The Morgan fingerprint density at radius 3 is 2.68 bits per heavy atom. The van der Waals surface area contributed by atoms with Crippen molar-refractivity contribution in [2.45, 2.75) is 38.3 Å². The van der Waals surface area contributed by atoms with Crippen molar-refractivity contribution < 1.29 is 19.2 Å². The molecule has 1 unspecified atom stereocenters. The Bertz CT molecular complexity index is 875. The van der Waals surface area contributed by atoms with E-state index in [1.165, 1.54) is 7.11 Å². The number of amides is 1. The maximum atomic E-state index is 12.4. The lowest BCUT2D eigenvalue weighted by Gasteiger charge is -2.23. The number of hydrogen-bond donors (Lipinski definition) is 1. The normalized spacial score (nSPS) is 18.5. The van der Waals surface area contributed by atoms with Crippen molar-refractivity contribution in [1.82, 2.24) is 15.1 Å². The fraction of sp³-hybridized carbons (Fsp3) is 0.400. The summed E-state index contributed by atoms with van der Waals surface area (Å²) in [5, 5.41) is 11.0. The van der Waals surface area contributed by atoms with E-state index in [0.29, 0.717) is 17.8 Å². The summed E-state index contributed by atoms with van der Waals surface area (Å²) in [4.78, 5) is 30.2. The van der Waals surface area contributed by atoms with Gasteiger partial charge >= 0.3 is 5.97 Å². The molecule has 1 aliphatic heterocycles. The van der Waals surface area contributed by atoms with Crippen molar-refractivity contribution in [3.63, 3.8) is 0 Å². The number of methoxy groups -OCH3 is 1. The number of benzene rings is 1. The molecule has 1 aromatic carbocycles. The molecule has 8 nitrogen and oxygen atoms in total. The van der Waals surface area contributed by atoms with Gasteiger partial charge in [-0.1, -0.05) is 35.5 Å². The molecular formula is C20H24N4O4. The Labute approximate surface area is 163 Å².